The highest BCUT2D eigenvalue weighted by molar-refractivity contribution is 7.10. The van der Waals surface area contributed by atoms with Gasteiger partial charge in [0.15, 0.2) is 0 Å². The zero-order valence-corrected chi connectivity index (χ0v) is 16.2. The van der Waals surface area contributed by atoms with Crippen LogP contribution in [0.25, 0.3) is 0 Å². The molecule has 4 nitrogen and oxygen atoms in total. The van der Waals surface area contributed by atoms with Crippen molar-refractivity contribution in [2.24, 2.45) is 0 Å². The summed E-state index contributed by atoms with van der Waals surface area (Å²) < 4.78 is 5.99. The van der Waals surface area contributed by atoms with Crippen LogP contribution in [0.5, 0.6) is 11.5 Å². The standard InChI is InChI=1S/C22H22N2O2S/c1-24(2)17(20-12-7-13-27-20)14-23-22(25)21-15-8-3-5-10-18(15)26-19-11-6-4-9-16(19)21/h3-13,17,21H,14H2,1-2H3,(H,23,25)/t17-/m1/s1. The lowest BCUT2D eigenvalue weighted by Crippen LogP contribution is -2.37. The Morgan fingerprint density at radius 3 is 2.22 bits per heavy atom. The molecule has 1 amide bonds. The Bertz CT molecular complexity index is 892. The lowest BCUT2D eigenvalue weighted by Gasteiger charge is -2.29. The molecule has 0 radical (unpaired) electrons. The number of nitrogens with zero attached hydrogens (tertiary/aromatic N) is 1. The van der Waals surface area contributed by atoms with Gasteiger partial charge in [-0.1, -0.05) is 42.5 Å². The second kappa shape index (κ2) is 7.55. The molecule has 0 saturated heterocycles. The van der Waals surface area contributed by atoms with E-state index in [1.165, 1.54) is 4.88 Å². The van der Waals surface area contributed by atoms with Gasteiger partial charge in [-0.2, -0.15) is 0 Å². The number of likely N-dealkylation sites (N-methyl/N-ethyl adjacent to an activating group) is 1. The van der Waals surface area contributed by atoms with E-state index < -0.39 is 0 Å². The summed E-state index contributed by atoms with van der Waals surface area (Å²) in [6.07, 6.45) is 0. The fraction of sp³-hybridized carbons (Fsp3) is 0.227. The minimum Gasteiger partial charge on any atom is -0.457 e. The molecule has 0 bridgehead atoms. The monoisotopic (exact) mass is 378 g/mol. The molecule has 0 spiro atoms. The summed E-state index contributed by atoms with van der Waals surface area (Å²) in [6, 6.07) is 19.8. The first-order chi connectivity index (χ1) is 13.1. The number of nitrogens with one attached hydrogen (secondary N) is 1. The summed E-state index contributed by atoms with van der Waals surface area (Å²) in [5.41, 5.74) is 1.82. The maximum Gasteiger partial charge on any atom is 0.232 e. The molecule has 0 aliphatic carbocycles. The molecule has 27 heavy (non-hydrogen) atoms. The largest absolute Gasteiger partial charge is 0.457 e. The quantitative estimate of drug-likeness (QED) is 0.715. The molecule has 1 aliphatic heterocycles. The average molecular weight is 378 g/mol. The molecule has 1 aliphatic rings. The number of amides is 1. The Labute approximate surface area is 163 Å². The number of fused-ring (bicyclic) bond motifs is 2. The zero-order chi connectivity index (χ0) is 18.8. The molecule has 1 atom stereocenters. The predicted molar refractivity (Wildman–Crippen MR) is 109 cm³/mol. The van der Waals surface area contributed by atoms with Gasteiger partial charge in [-0.3, -0.25) is 4.79 Å². The van der Waals surface area contributed by atoms with E-state index >= 15 is 0 Å². The highest BCUT2D eigenvalue weighted by atomic mass is 32.1. The molecule has 1 aromatic heterocycles. The number of benzene rings is 2. The fourth-order valence-electron chi connectivity index (χ4n) is 3.51. The normalized spacial score (nSPS) is 14.2. The Morgan fingerprint density at radius 1 is 1.04 bits per heavy atom. The van der Waals surface area contributed by atoms with Crippen LogP contribution in [0.15, 0.2) is 66.0 Å². The molecule has 0 unspecified atom stereocenters. The van der Waals surface area contributed by atoms with Gasteiger partial charge in [0.25, 0.3) is 0 Å². The van der Waals surface area contributed by atoms with Gasteiger partial charge in [0, 0.05) is 22.5 Å². The number of rotatable bonds is 5. The Kier molecular flexibility index (Phi) is 4.97. The van der Waals surface area contributed by atoms with Crippen molar-refractivity contribution in [3.05, 3.63) is 82.0 Å². The van der Waals surface area contributed by atoms with Gasteiger partial charge in [0.1, 0.15) is 11.5 Å². The summed E-state index contributed by atoms with van der Waals surface area (Å²) >= 11 is 1.71. The van der Waals surface area contributed by atoms with Crippen molar-refractivity contribution in [2.75, 3.05) is 20.6 Å². The van der Waals surface area contributed by atoms with E-state index in [4.69, 9.17) is 4.74 Å². The minimum absolute atomic E-state index is 0.00149. The van der Waals surface area contributed by atoms with E-state index in [-0.39, 0.29) is 17.9 Å². The van der Waals surface area contributed by atoms with Crippen molar-refractivity contribution < 1.29 is 9.53 Å². The maximum absolute atomic E-state index is 13.2. The van der Waals surface area contributed by atoms with Crippen molar-refractivity contribution >= 4 is 17.2 Å². The molecule has 2 heterocycles. The van der Waals surface area contributed by atoms with Gasteiger partial charge in [0.05, 0.1) is 12.0 Å². The third-order valence-corrected chi connectivity index (χ3v) is 5.88. The van der Waals surface area contributed by atoms with Crippen LogP contribution in [0.1, 0.15) is 28.0 Å². The smallest absolute Gasteiger partial charge is 0.232 e. The SMILES string of the molecule is CN(C)[C@H](CNC(=O)C1c2ccccc2Oc2ccccc21)c1cccs1. The van der Waals surface area contributed by atoms with Crippen LogP contribution in [0, 0.1) is 0 Å². The van der Waals surface area contributed by atoms with Gasteiger partial charge in [-0.05, 0) is 37.7 Å². The summed E-state index contributed by atoms with van der Waals surface area (Å²) in [4.78, 5) is 16.6. The van der Waals surface area contributed by atoms with Crippen LogP contribution in [0.2, 0.25) is 0 Å². The van der Waals surface area contributed by atoms with Gasteiger partial charge >= 0.3 is 0 Å². The van der Waals surface area contributed by atoms with Crippen LogP contribution in [-0.2, 0) is 4.79 Å². The lowest BCUT2D eigenvalue weighted by molar-refractivity contribution is -0.122. The topological polar surface area (TPSA) is 41.6 Å². The zero-order valence-electron chi connectivity index (χ0n) is 15.4. The van der Waals surface area contributed by atoms with E-state index in [9.17, 15) is 4.79 Å². The molecular weight excluding hydrogens is 356 g/mol. The molecule has 4 rings (SSSR count). The fourth-order valence-corrected chi connectivity index (χ4v) is 4.43. The predicted octanol–water partition coefficient (Wildman–Crippen LogP) is 4.40. The minimum atomic E-state index is -0.364. The van der Waals surface area contributed by atoms with Crippen molar-refractivity contribution in [3.63, 3.8) is 0 Å². The summed E-state index contributed by atoms with van der Waals surface area (Å²) in [7, 11) is 4.07. The van der Waals surface area contributed by atoms with Crippen LogP contribution in [-0.4, -0.2) is 31.4 Å². The molecule has 3 aromatic rings. The summed E-state index contributed by atoms with van der Waals surface area (Å²) in [5, 5.41) is 5.24. The highest BCUT2D eigenvalue weighted by Crippen LogP contribution is 2.43. The van der Waals surface area contributed by atoms with Crippen LogP contribution >= 0.6 is 11.3 Å². The molecule has 1 N–H and O–H groups in total. The molecule has 0 saturated carbocycles. The van der Waals surface area contributed by atoms with Crippen LogP contribution in [0.4, 0.5) is 0 Å². The summed E-state index contributed by atoms with van der Waals surface area (Å²) in [5.74, 6) is 1.14. The first-order valence-corrected chi connectivity index (χ1v) is 9.86. The van der Waals surface area contributed by atoms with Gasteiger partial charge < -0.3 is 15.0 Å². The number of thiophene rings is 1. The van der Waals surface area contributed by atoms with Crippen LogP contribution in [0.3, 0.4) is 0 Å². The van der Waals surface area contributed by atoms with Crippen LogP contribution < -0.4 is 10.1 Å². The average Bonchev–Trinajstić information content (AvgIpc) is 3.20. The van der Waals surface area contributed by atoms with Gasteiger partial charge in [0.2, 0.25) is 5.91 Å². The van der Waals surface area contributed by atoms with E-state index in [1.807, 2.05) is 68.7 Å². The number of carbonyl (C=O) groups excluding carboxylic acids is 1. The van der Waals surface area contributed by atoms with Crippen molar-refractivity contribution in [2.45, 2.75) is 12.0 Å². The Morgan fingerprint density at radius 2 is 1.67 bits per heavy atom. The second-order valence-corrected chi connectivity index (χ2v) is 7.83. The Hall–Kier alpha value is -2.63. The van der Waals surface area contributed by atoms with Crippen molar-refractivity contribution in [3.8, 4) is 11.5 Å². The number of hydrogen-bond acceptors (Lipinski definition) is 4. The van der Waals surface area contributed by atoms with Gasteiger partial charge in [-0.15, -0.1) is 11.3 Å². The molecular formula is C22H22N2O2S. The number of ether oxygens (including phenoxy) is 1. The van der Waals surface area contributed by atoms with Crippen molar-refractivity contribution in [1.82, 2.24) is 10.2 Å². The maximum atomic E-state index is 13.2. The second-order valence-electron chi connectivity index (χ2n) is 6.85. The third-order valence-electron chi connectivity index (χ3n) is 4.91. The van der Waals surface area contributed by atoms with E-state index in [0.717, 1.165) is 22.6 Å². The Balaban J connectivity index is 1.60. The molecule has 0 fully saturated rings. The molecule has 5 heteroatoms. The van der Waals surface area contributed by atoms with E-state index in [1.54, 1.807) is 11.3 Å². The van der Waals surface area contributed by atoms with Gasteiger partial charge in [-0.25, -0.2) is 0 Å². The molecule has 138 valence electrons. The van der Waals surface area contributed by atoms with E-state index in [0.29, 0.717) is 6.54 Å². The number of para-hydroxylation sites is 2. The van der Waals surface area contributed by atoms with E-state index in [2.05, 4.69) is 21.7 Å². The van der Waals surface area contributed by atoms with Crippen molar-refractivity contribution in [1.29, 1.82) is 0 Å². The third kappa shape index (κ3) is 3.48. The first kappa shape index (κ1) is 17.8. The number of hydrogen-bond donors (Lipinski definition) is 1. The molecule has 2 aromatic carbocycles. The lowest BCUT2D eigenvalue weighted by atomic mass is 9.87. The number of carbonyl (C=O) groups is 1. The first-order valence-electron chi connectivity index (χ1n) is 8.98. The summed E-state index contributed by atoms with van der Waals surface area (Å²) in [6.45, 7) is 0.564. The highest BCUT2D eigenvalue weighted by Gasteiger charge is 2.32.